The second-order valence-electron chi connectivity index (χ2n) is 6.66. The standard InChI is InChI=1S/C20H19N7O3/c1-13-10-18(14(2)26(13)11-17-4-3-9-30-17)20(29)23-22-19(28)15-5-7-16(8-6-15)27-12-21-24-25-27/h3-10,12H,11H2,1-2H3,(H,22,28)(H,23,29). The third-order valence-corrected chi connectivity index (χ3v) is 4.74. The van der Waals surface area contributed by atoms with Crippen molar-refractivity contribution in [1.82, 2.24) is 35.6 Å². The molecule has 0 saturated carbocycles. The van der Waals surface area contributed by atoms with Gasteiger partial charge in [0.05, 0.1) is 24.1 Å². The van der Waals surface area contributed by atoms with Gasteiger partial charge in [0.2, 0.25) is 0 Å². The number of hydrogen-bond donors (Lipinski definition) is 2. The van der Waals surface area contributed by atoms with Gasteiger partial charge >= 0.3 is 0 Å². The number of rotatable bonds is 5. The molecule has 0 aliphatic rings. The normalized spacial score (nSPS) is 10.7. The molecule has 2 N–H and O–H groups in total. The van der Waals surface area contributed by atoms with E-state index in [0.29, 0.717) is 23.4 Å². The molecule has 0 saturated heterocycles. The zero-order chi connectivity index (χ0) is 21.1. The van der Waals surface area contributed by atoms with E-state index in [9.17, 15) is 9.59 Å². The van der Waals surface area contributed by atoms with Crippen molar-refractivity contribution >= 4 is 11.8 Å². The lowest BCUT2D eigenvalue weighted by atomic mass is 10.2. The molecule has 0 atom stereocenters. The first-order chi connectivity index (χ1) is 14.5. The molecule has 0 radical (unpaired) electrons. The van der Waals surface area contributed by atoms with E-state index < -0.39 is 11.8 Å². The summed E-state index contributed by atoms with van der Waals surface area (Å²) in [6.07, 6.45) is 3.07. The number of tetrazole rings is 1. The SMILES string of the molecule is Cc1cc(C(=O)NNC(=O)c2ccc(-n3cnnn3)cc2)c(C)n1Cc1ccco1. The predicted molar refractivity (Wildman–Crippen MR) is 106 cm³/mol. The lowest BCUT2D eigenvalue weighted by Crippen LogP contribution is -2.41. The predicted octanol–water partition coefficient (Wildman–Crippen LogP) is 1.80. The molecule has 0 aliphatic heterocycles. The summed E-state index contributed by atoms with van der Waals surface area (Å²) in [7, 11) is 0. The minimum absolute atomic E-state index is 0.385. The van der Waals surface area contributed by atoms with Crippen LogP contribution in [0.4, 0.5) is 0 Å². The van der Waals surface area contributed by atoms with Crippen molar-refractivity contribution < 1.29 is 14.0 Å². The van der Waals surface area contributed by atoms with Gasteiger partial charge in [0.1, 0.15) is 12.1 Å². The minimum Gasteiger partial charge on any atom is -0.467 e. The highest BCUT2D eigenvalue weighted by Gasteiger charge is 2.17. The Labute approximate surface area is 171 Å². The van der Waals surface area contributed by atoms with E-state index in [-0.39, 0.29) is 0 Å². The van der Waals surface area contributed by atoms with Crippen LogP contribution in [0.2, 0.25) is 0 Å². The lowest BCUT2D eigenvalue weighted by Gasteiger charge is -2.09. The quantitative estimate of drug-likeness (QED) is 0.489. The van der Waals surface area contributed by atoms with Gasteiger partial charge in [-0.05, 0) is 66.7 Å². The molecule has 30 heavy (non-hydrogen) atoms. The first-order valence-electron chi connectivity index (χ1n) is 9.16. The number of carbonyl (C=O) groups is 2. The smallest absolute Gasteiger partial charge is 0.271 e. The van der Waals surface area contributed by atoms with Crippen molar-refractivity contribution in [3.63, 3.8) is 0 Å². The molecule has 4 rings (SSSR count). The third kappa shape index (κ3) is 3.83. The van der Waals surface area contributed by atoms with E-state index in [4.69, 9.17) is 4.42 Å². The topological polar surface area (TPSA) is 120 Å². The van der Waals surface area contributed by atoms with E-state index in [0.717, 1.165) is 17.1 Å². The molecular weight excluding hydrogens is 386 g/mol. The molecule has 3 aromatic heterocycles. The van der Waals surface area contributed by atoms with Crippen LogP contribution in [0, 0.1) is 13.8 Å². The van der Waals surface area contributed by atoms with Crippen LogP contribution in [0.5, 0.6) is 0 Å². The van der Waals surface area contributed by atoms with E-state index in [1.54, 1.807) is 36.6 Å². The molecule has 10 heteroatoms. The maximum Gasteiger partial charge on any atom is 0.271 e. The van der Waals surface area contributed by atoms with Crippen LogP contribution in [0.25, 0.3) is 5.69 Å². The Kier molecular flexibility index (Phi) is 5.12. The number of nitrogens with zero attached hydrogens (tertiary/aromatic N) is 5. The van der Waals surface area contributed by atoms with Crippen molar-refractivity contribution in [3.8, 4) is 5.69 Å². The molecule has 0 aliphatic carbocycles. The van der Waals surface area contributed by atoms with Gasteiger partial charge in [-0.15, -0.1) is 5.10 Å². The zero-order valence-corrected chi connectivity index (χ0v) is 16.4. The van der Waals surface area contributed by atoms with Gasteiger partial charge in [0, 0.05) is 17.0 Å². The van der Waals surface area contributed by atoms with Gasteiger partial charge in [-0.25, -0.2) is 4.68 Å². The molecule has 2 amide bonds. The van der Waals surface area contributed by atoms with E-state index >= 15 is 0 Å². The molecular formula is C20H19N7O3. The highest BCUT2D eigenvalue weighted by atomic mass is 16.3. The first-order valence-corrected chi connectivity index (χ1v) is 9.16. The van der Waals surface area contributed by atoms with Gasteiger partial charge in [-0.2, -0.15) is 0 Å². The summed E-state index contributed by atoms with van der Waals surface area (Å²) in [6.45, 7) is 4.29. The largest absolute Gasteiger partial charge is 0.467 e. The van der Waals surface area contributed by atoms with Crippen LogP contribution in [-0.4, -0.2) is 36.6 Å². The van der Waals surface area contributed by atoms with E-state index in [1.807, 2.05) is 30.5 Å². The average molecular weight is 405 g/mol. The van der Waals surface area contributed by atoms with Gasteiger partial charge in [-0.3, -0.25) is 20.4 Å². The second kappa shape index (κ2) is 8.03. The number of carbonyl (C=O) groups excluding carboxylic acids is 2. The monoisotopic (exact) mass is 405 g/mol. The maximum absolute atomic E-state index is 12.6. The lowest BCUT2D eigenvalue weighted by molar-refractivity contribution is 0.0846. The molecule has 0 unspecified atom stereocenters. The summed E-state index contributed by atoms with van der Waals surface area (Å²) in [4.78, 5) is 24.9. The van der Waals surface area contributed by atoms with Crippen LogP contribution < -0.4 is 10.9 Å². The van der Waals surface area contributed by atoms with Crippen molar-refractivity contribution in [2.45, 2.75) is 20.4 Å². The maximum atomic E-state index is 12.6. The van der Waals surface area contributed by atoms with Crippen LogP contribution in [-0.2, 0) is 6.54 Å². The Morgan fingerprint density at radius 3 is 2.50 bits per heavy atom. The van der Waals surface area contributed by atoms with Crippen LogP contribution in [0.1, 0.15) is 37.9 Å². The van der Waals surface area contributed by atoms with Crippen molar-refractivity contribution in [3.05, 3.63) is 83.3 Å². The van der Waals surface area contributed by atoms with Crippen molar-refractivity contribution in [1.29, 1.82) is 0 Å². The fraction of sp³-hybridized carbons (Fsp3) is 0.150. The molecule has 152 valence electrons. The first kappa shape index (κ1) is 19.1. The minimum atomic E-state index is -0.434. The highest BCUT2D eigenvalue weighted by Crippen LogP contribution is 2.17. The number of aromatic nitrogens is 5. The van der Waals surface area contributed by atoms with E-state index in [1.165, 1.54) is 11.0 Å². The summed E-state index contributed by atoms with van der Waals surface area (Å²) in [6, 6.07) is 12.1. The Hall–Kier alpha value is -4.21. The molecule has 1 aromatic carbocycles. The molecule has 3 heterocycles. The van der Waals surface area contributed by atoms with Crippen LogP contribution in [0.15, 0.2) is 59.5 Å². The number of aryl methyl sites for hydroxylation is 1. The molecule has 4 aromatic rings. The van der Waals surface area contributed by atoms with Gasteiger partial charge in [-0.1, -0.05) is 0 Å². The Bertz CT molecular complexity index is 1160. The van der Waals surface area contributed by atoms with Crippen molar-refractivity contribution in [2.75, 3.05) is 0 Å². The summed E-state index contributed by atoms with van der Waals surface area (Å²) in [5.74, 6) is -0.0364. The van der Waals surface area contributed by atoms with E-state index in [2.05, 4.69) is 26.4 Å². The molecule has 0 spiro atoms. The van der Waals surface area contributed by atoms with Gasteiger partial charge in [0.25, 0.3) is 11.8 Å². The van der Waals surface area contributed by atoms with Gasteiger partial charge in [0.15, 0.2) is 0 Å². The van der Waals surface area contributed by atoms with Crippen LogP contribution >= 0.6 is 0 Å². The molecule has 0 bridgehead atoms. The number of hydrogen-bond acceptors (Lipinski definition) is 6. The zero-order valence-electron chi connectivity index (χ0n) is 16.4. The third-order valence-electron chi connectivity index (χ3n) is 4.74. The Morgan fingerprint density at radius 2 is 1.83 bits per heavy atom. The Morgan fingerprint density at radius 1 is 1.07 bits per heavy atom. The van der Waals surface area contributed by atoms with Crippen molar-refractivity contribution in [2.24, 2.45) is 0 Å². The summed E-state index contributed by atoms with van der Waals surface area (Å²) < 4.78 is 8.84. The summed E-state index contributed by atoms with van der Waals surface area (Å²) in [5.41, 5.74) is 8.18. The number of benzene rings is 1. The number of hydrazine groups is 1. The number of nitrogens with one attached hydrogen (secondary N) is 2. The summed E-state index contributed by atoms with van der Waals surface area (Å²) >= 11 is 0. The number of amides is 2. The molecule has 10 nitrogen and oxygen atoms in total. The summed E-state index contributed by atoms with van der Waals surface area (Å²) in [5, 5.41) is 10.9. The van der Waals surface area contributed by atoms with Crippen LogP contribution in [0.3, 0.4) is 0 Å². The van der Waals surface area contributed by atoms with Gasteiger partial charge < -0.3 is 8.98 Å². The fourth-order valence-electron chi connectivity index (χ4n) is 3.13. The molecule has 0 fully saturated rings. The second-order valence-corrected chi connectivity index (χ2v) is 6.66. The fourth-order valence-corrected chi connectivity index (χ4v) is 3.13. The Balaban J connectivity index is 1.40. The number of furan rings is 1. The highest BCUT2D eigenvalue weighted by molar-refractivity contribution is 5.99. The average Bonchev–Trinajstić information content (AvgIpc) is 3.51.